The van der Waals surface area contributed by atoms with Gasteiger partial charge >= 0.3 is 0 Å². The second-order valence-electron chi connectivity index (χ2n) is 5.58. The number of thiocarbonyl (C=S) groups is 1. The molecule has 1 aromatic carbocycles. The molecule has 114 valence electrons. The lowest BCUT2D eigenvalue weighted by molar-refractivity contribution is -0.121. The molecule has 0 aliphatic carbocycles. The maximum atomic E-state index is 11.9. The molecule has 0 bridgehead atoms. The molecular formula is C16H22N2O2S. The van der Waals surface area contributed by atoms with E-state index in [-0.39, 0.29) is 12.5 Å². The Morgan fingerprint density at radius 1 is 1.38 bits per heavy atom. The molecule has 1 saturated heterocycles. The largest absolute Gasteiger partial charge is 0.483 e. The molecule has 1 fully saturated rings. The standard InChI is InChI=1S/C16H22N2O2S/c1-12-7-9-18(10-8-12)16(21)17-15(19)11-20-14-6-4-3-5-13(14)2/h3-6,12H,7-11H2,1-2H3,(H,17,19,21). The van der Waals surface area contributed by atoms with Gasteiger partial charge < -0.3 is 15.0 Å². The number of carbonyl (C=O) groups excluding carboxylic acids is 1. The summed E-state index contributed by atoms with van der Waals surface area (Å²) in [6.07, 6.45) is 2.24. The highest BCUT2D eigenvalue weighted by Crippen LogP contribution is 2.17. The summed E-state index contributed by atoms with van der Waals surface area (Å²) >= 11 is 5.28. The molecule has 1 aliphatic rings. The van der Waals surface area contributed by atoms with Crippen molar-refractivity contribution in [2.75, 3.05) is 19.7 Å². The van der Waals surface area contributed by atoms with E-state index in [2.05, 4.69) is 17.1 Å². The van der Waals surface area contributed by atoms with Gasteiger partial charge in [0.2, 0.25) is 0 Å². The lowest BCUT2D eigenvalue weighted by Crippen LogP contribution is -2.47. The molecule has 4 nitrogen and oxygen atoms in total. The fourth-order valence-corrected chi connectivity index (χ4v) is 2.60. The number of ether oxygens (including phenoxy) is 1. The van der Waals surface area contributed by atoms with Crippen molar-refractivity contribution in [1.82, 2.24) is 10.2 Å². The lowest BCUT2D eigenvalue weighted by Gasteiger charge is -2.32. The van der Waals surface area contributed by atoms with E-state index in [1.54, 1.807) is 0 Å². The molecule has 5 heteroatoms. The summed E-state index contributed by atoms with van der Waals surface area (Å²) in [4.78, 5) is 14.0. The van der Waals surface area contributed by atoms with Gasteiger partial charge in [0.25, 0.3) is 5.91 Å². The maximum absolute atomic E-state index is 11.9. The Kier molecular flexibility index (Phi) is 5.56. The smallest absolute Gasteiger partial charge is 0.264 e. The van der Waals surface area contributed by atoms with Gasteiger partial charge in [0.1, 0.15) is 5.75 Å². The molecule has 1 amide bonds. The van der Waals surface area contributed by atoms with E-state index >= 15 is 0 Å². The molecule has 0 radical (unpaired) electrons. The second-order valence-corrected chi connectivity index (χ2v) is 5.96. The van der Waals surface area contributed by atoms with Crippen LogP contribution in [-0.4, -0.2) is 35.6 Å². The van der Waals surface area contributed by atoms with E-state index in [0.29, 0.717) is 5.11 Å². The summed E-state index contributed by atoms with van der Waals surface area (Å²) in [6, 6.07) is 7.63. The zero-order valence-electron chi connectivity index (χ0n) is 12.6. The summed E-state index contributed by atoms with van der Waals surface area (Å²) in [7, 11) is 0. The molecule has 0 saturated carbocycles. The molecule has 1 aromatic rings. The van der Waals surface area contributed by atoms with Crippen LogP contribution in [0.5, 0.6) is 5.75 Å². The Hall–Kier alpha value is -1.62. The Labute approximate surface area is 131 Å². The first kappa shape index (κ1) is 15.8. The van der Waals surface area contributed by atoms with E-state index in [1.165, 1.54) is 0 Å². The van der Waals surface area contributed by atoms with Crippen molar-refractivity contribution < 1.29 is 9.53 Å². The van der Waals surface area contributed by atoms with Gasteiger partial charge in [-0.3, -0.25) is 4.79 Å². The molecule has 1 N–H and O–H groups in total. The van der Waals surface area contributed by atoms with Gasteiger partial charge in [0.05, 0.1) is 0 Å². The van der Waals surface area contributed by atoms with Crippen molar-refractivity contribution in [2.45, 2.75) is 26.7 Å². The Morgan fingerprint density at radius 3 is 2.71 bits per heavy atom. The highest BCUT2D eigenvalue weighted by atomic mass is 32.1. The summed E-state index contributed by atoms with van der Waals surface area (Å²) in [6.45, 7) is 6.01. The predicted molar refractivity (Wildman–Crippen MR) is 87.4 cm³/mol. The monoisotopic (exact) mass is 306 g/mol. The number of carbonyl (C=O) groups is 1. The molecule has 0 aromatic heterocycles. The average Bonchev–Trinajstić information content (AvgIpc) is 2.47. The van der Waals surface area contributed by atoms with Gasteiger partial charge in [-0.1, -0.05) is 25.1 Å². The molecule has 1 aliphatic heterocycles. The van der Waals surface area contributed by atoms with Crippen LogP contribution in [0.1, 0.15) is 25.3 Å². The van der Waals surface area contributed by atoms with E-state index < -0.39 is 0 Å². The number of benzene rings is 1. The summed E-state index contributed by atoms with van der Waals surface area (Å²) in [5, 5.41) is 3.26. The number of nitrogens with zero attached hydrogens (tertiary/aromatic N) is 1. The number of para-hydroxylation sites is 1. The average molecular weight is 306 g/mol. The summed E-state index contributed by atoms with van der Waals surface area (Å²) in [5.41, 5.74) is 1.01. The van der Waals surface area contributed by atoms with Gasteiger partial charge in [0.15, 0.2) is 11.7 Å². The minimum atomic E-state index is -0.207. The molecule has 2 rings (SSSR count). The van der Waals surface area contributed by atoms with Crippen LogP contribution in [0.15, 0.2) is 24.3 Å². The zero-order valence-corrected chi connectivity index (χ0v) is 13.4. The maximum Gasteiger partial charge on any atom is 0.264 e. The van der Waals surface area contributed by atoms with Gasteiger partial charge in [0, 0.05) is 13.1 Å². The molecule has 0 atom stereocenters. The summed E-state index contributed by atoms with van der Waals surface area (Å²) < 4.78 is 5.51. The SMILES string of the molecule is Cc1ccccc1OCC(=O)NC(=S)N1CCC(C)CC1. The highest BCUT2D eigenvalue weighted by Gasteiger charge is 2.19. The molecule has 1 heterocycles. The highest BCUT2D eigenvalue weighted by molar-refractivity contribution is 7.80. The fourth-order valence-electron chi connectivity index (χ4n) is 2.31. The van der Waals surface area contributed by atoms with Crippen LogP contribution in [-0.2, 0) is 4.79 Å². The van der Waals surface area contributed by atoms with Crippen LogP contribution in [0, 0.1) is 12.8 Å². The van der Waals surface area contributed by atoms with Crippen molar-refractivity contribution in [3.8, 4) is 5.75 Å². The first-order valence-electron chi connectivity index (χ1n) is 7.33. The third-order valence-corrected chi connectivity index (χ3v) is 4.13. The first-order valence-corrected chi connectivity index (χ1v) is 7.74. The van der Waals surface area contributed by atoms with Crippen molar-refractivity contribution in [3.05, 3.63) is 29.8 Å². The Bertz CT molecular complexity index is 511. The number of amides is 1. The lowest BCUT2D eigenvalue weighted by atomic mass is 10.00. The van der Waals surface area contributed by atoms with Crippen molar-refractivity contribution in [2.24, 2.45) is 5.92 Å². The minimum Gasteiger partial charge on any atom is -0.483 e. The molecule has 21 heavy (non-hydrogen) atoms. The predicted octanol–water partition coefficient (Wildman–Crippen LogP) is 2.51. The number of likely N-dealkylation sites (tertiary alicyclic amines) is 1. The van der Waals surface area contributed by atoms with Crippen LogP contribution in [0.2, 0.25) is 0 Å². The van der Waals surface area contributed by atoms with Crippen LogP contribution in [0.4, 0.5) is 0 Å². The third kappa shape index (κ3) is 4.70. The van der Waals surface area contributed by atoms with Gasteiger partial charge in [-0.25, -0.2) is 0 Å². The Morgan fingerprint density at radius 2 is 2.05 bits per heavy atom. The zero-order chi connectivity index (χ0) is 15.2. The van der Waals surface area contributed by atoms with Crippen LogP contribution in [0.25, 0.3) is 0 Å². The van der Waals surface area contributed by atoms with Crippen molar-refractivity contribution >= 4 is 23.2 Å². The van der Waals surface area contributed by atoms with Crippen LogP contribution >= 0.6 is 12.2 Å². The van der Waals surface area contributed by atoms with Crippen molar-refractivity contribution in [1.29, 1.82) is 0 Å². The molecule has 0 spiro atoms. The number of hydrogen-bond acceptors (Lipinski definition) is 3. The summed E-state index contributed by atoms with van der Waals surface area (Å²) in [5.74, 6) is 1.26. The normalized spacial score (nSPS) is 15.6. The van der Waals surface area contributed by atoms with E-state index in [4.69, 9.17) is 17.0 Å². The van der Waals surface area contributed by atoms with Gasteiger partial charge in [-0.15, -0.1) is 0 Å². The number of nitrogens with one attached hydrogen (secondary N) is 1. The number of hydrogen-bond donors (Lipinski definition) is 1. The minimum absolute atomic E-state index is 0.0186. The number of rotatable bonds is 3. The van der Waals surface area contributed by atoms with Gasteiger partial charge in [-0.05, 0) is 49.5 Å². The van der Waals surface area contributed by atoms with E-state index in [9.17, 15) is 4.79 Å². The fraction of sp³-hybridized carbons (Fsp3) is 0.500. The molecular weight excluding hydrogens is 284 g/mol. The van der Waals surface area contributed by atoms with Crippen LogP contribution < -0.4 is 10.1 Å². The quantitative estimate of drug-likeness (QED) is 0.871. The van der Waals surface area contributed by atoms with Gasteiger partial charge in [-0.2, -0.15) is 0 Å². The second kappa shape index (κ2) is 7.41. The van der Waals surface area contributed by atoms with Crippen molar-refractivity contribution in [3.63, 3.8) is 0 Å². The molecule has 0 unspecified atom stereocenters. The van der Waals surface area contributed by atoms with E-state index in [1.807, 2.05) is 31.2 Å². The van der Waals surface area contributed by atoms with Crippen LogP contribution in [0.3, 0.4) is 0 Å². The van der Waals surface area contributed by atoms with E-state index in [0.717, 1.165) is 43.2 Å². The topological polar surface area (TPSA) is 41.6 Å². The number of piperidine rings is 1. The first-order chi connectivity index (χ1) is 10.1. The number of aryl methyl sites for hydroxylation is 1. The Balaban J connectivity index is 1.77. The third-order valence-electron chi connectivity index (χ3n) is 3.77.